The molecule has 2 nitrogen and oxygen atoms in total. The van der Waals surface area contributed by atoms with Crippen molar-refractivity contribution in [3.8, 4) is 0 Å². The normalized spacial score (nSPS) is 11.8. The molecule has 0 radical (unpaired) electrons. The zero-order valence-corrected chi connectivity index (χ0v) is 39.1. The van der Waals surface area contributed by atoms with E-state index in [1.807, 2.05) is 0 Å². The van der Waals surface area contributed by atoms with Crippen molar-refractivity contribution >= 4 is 69.0 Å². The quantitative estimate of drug-likeness (QED) is 0.0478. The molecule has 0 aliphatic carbocycles. The molecule has 0 bridgehead atoms. The lowest BCUT2D eigenvalue weighted by molar-refractivity contribution is 0.374. The highest BCUT2D eigenvalue weighted by Gasteiger charge is 2.50. The Morgan fingerprint density at radius 1 is 0.270 bits per heavy atom. The van der Waals surface area contributed by atoms with E-state index >= 15 is 0 Å². The van der Waals surface area contributed by atoms with Crippen LogP contribution in [0.3, 0.4) is 0 Å². The molecule has 0 aliphatic heterocycles. The van der Waals surface area contributed by atoms with E-state index in [0.717, 1.165) is 0 Å². The highest BCUT2D eigenvalue weighted by Crippen LogP contribution is 2.66. The third-order valence-corrected chi connectivity index (χ3v) is 20.5. The molecule has 9 rings (SSSR count). The van der Waals surface area contributed by atoms with Crippen LogP contribution >= 0.6 is 14.5 Å². The summed E-state index contributed by atoms with van der Waals surface area (Å²) in [6.07, 6.45) is -6.41. The molecule has 0 heterocycles. The Balaban J connectivity index is 0.000000199. The van der Waals surface area contributed by atoms with E-state index in [1.165, 1.54) is 31.8 Å². The number of rotatable bonds is 10. The Bertz CT molecular complexity index is 3130. The molecule has 9 aromatic rings. The Kier molecular flexibility index (Phi) is 15.2. The molecule has 0 aromatic heterocycles. The molecule has 0 aliphatic rings. The molecule has 0 spiro atoms. The van der Waals surface area contributed by atoms with Gasteiger partial charge < -0.3 is 5.02 Å². The Labute approximate surface area is 412 Å². The van der Waals surface area contributed by atoms with E-state index in [0.29, 0.717) is 0 Å². The van der Waals surface area contributed by atoms with E-state index in [4.69, 9.17) is 4.52 Å². The van der Waals surface area contributed by atoms with Crippen LogP contribution in [-0.2, 0) is 0 Å². The molecule has 376 valence electrons. The third-order valence-electron chi connectivity index (χ3n) is 12.0. The Hall–Kier alpha value is -7.39. The predicted octanol–water partition coefficient (Wildman–Crippen LogP) is 10.8. The molecule has 0 saturated heterocycles. The number of benzene rings is 9. The number of hydrogen-bond acceptors (Lipinski definition) is 2. The minimum absolute atomic E-state index is 1.26. The maximum atomic E-state index is 14.5. The Morgan fingerprint density at radius 3 is 0.649 bits per heavy atom. The van der Waals surface area contributed by atoms with Gasteiger partial charge in [0.2, 0.25) is 13.8 Å². The van der Waals surface area contributed by atoms with Crippen LogP contribution in [0.4, 0.5) is 65.9 Å². The lowest BCUT2D eigenvalue weighted by Crippen LogP contribution is -2.73. The van der Waals surface area contributed by atoms with Gasteiger partial charge >= 0.3 is 0 Å². The molecule has 0 unspecified atom stereocenters. The standard InChI is InChI=1S/C36H30NP2.C18HBF15O/c1-7-19-31(20-8-1)38(32-21-9-2-10-22-32,33-23-11-3-12-24-33)37-39(34-25-13-4-14-26-34,35-27-15-5-16-28-35)36-29-17-6-18-30-36;20-4-1(5(21)11(27)16(32)10(4)26)19(35,2-6(22)12(28)17(33)13(29)7(2)23)3-8(24)14(30)18(34)15(31)9(3)25/h1-30H;35H/q+1;-1. The van der Waals surface area contributed by atoms with Crippen LogP contribution in [0.1, 0.15) is 0 Å². The van der Waals surface area contributed by atoms with E-state index in [9.17, 15) is 70.9 Å². The molecule has 0 amide bonds. The third kappa shape index (κ3) is 8.78. The van der Waals surface area contributed by atoms with E-state index in [2.05, 4.69) is 182 Å². The maximum absolute atomic E-state index is 14.5. The van der Waals surface area contributed by atoms with Crippen molar-refractivity contribution in [3.05, 3.63) is 269 Å². The summed E-state index contributed by atoms with van der Waals surface area (Å²) in [5, 5.41) is 18.3. The summed E-state index contributed by atoms with van der Waals surface area (Å²) >= 11 is 0. The largest absolute Gasteiger partial charge is 0.594 e. The maximum Gasteiger partial charge on any atom is 0.228 e. The van der Waals surface area contributed by atoms with Crippen LogP contribution < -0.4 is 48.2 Å². The summed E-state index contributed by atoms with van der Waals surface area (Å²) in [7, 11) is -4.99. The van der Waals surface area contributed by atoms with Gasteiger partial charge in [0.1, 0.15) is 57.9 Å². The van der Waals surface area contributed by atoms with E-state index in [-0.39, 0.29) is 0 Å². The first-order valence-corrected chi connectivity index (χ1v) is 25.1. The summed E-state index contributed by atoms with van der Waals surface area (Å²) in [5.41, 5.74) is -9.23. The second-order valence-electron chi connectivity index (χ2n) is 16.1. The molecule has 0 atom stereocenters. The van der Waals surface area contributed by atoms with Crippen LogP contribution in [0.25, 0.3) is 0 Å². The van der Waals surface area contributed by atoms with Crippen molar-refractivity contribution in [2.75, 3.05) is 0 Å². The lowest BCUT2D eigenvalue weighted by atomic mass is 9.28. The van der Waals surface area contributed by atoms with Crippen molar-refractivity contribution in [2.24, 2.45) is 4.52 Å². The first-order valence-electron chi connectivity index (χ1n) is 21.7. The number of halogens is 15. The number of hydrogen-bond donors (Lipinski definition) is 1. The van der Waals surface area contributed by atoms with Gasteiger partial charge in [-0.3, -0.25) is 0 Å². The highest BCUT2D eigenvalue weighted by atomic mass is 31.2. The van der Waals surface area contributed by atoms with Gasteiger partial charge in [-0.15, -0.1) is 4.52 Å². The first-order chi connectivity index (χ1) is 35.4. The number of nitrogens with zero attached hydrogens (tertiary/aromatic N) is 1. The van der Waals surface area contributed by atoms with Gasteiger partial charge in [-0.25, -0.2) is 65.9 Å². The lowest BCUT2D eigenvalue weighted by Gasteiger charge is -2.39. The molecule has 0 saturated carbocycles. The van der Waals surface area contributed by atoms with Gasteiger partial charge in [0.25, 0.3) is 0 Å². The Morgan fingerprint density at radius 2 is 0.446 bits per heavy atom. The van der Waals surface area contributed by atoms with Crippen LogP contribution in [0.15, 0.2) is 187 Å². The SMILES string of the molecule is O[B-](c1c(F)c(F)c(F)c(F)c1F)(c1c(F)c(F)c(F)c(F)c1F)c1c(F)c(F)c(F)c(F)c1F.c1ccc(P(=N[P+](c2ccccc2)(c2ccccc2)c2ccccc2)(c2ccccc2)c2ccccc2)cc1. The first kappa shape index (κ1) is 52.9. The van der Waals surface area contributed by atoms with Gasteiger partial charge in [0.05, 0.1) is 0 Å². The van der Waals surface area contributed by atoms with Gasteiger partial charge in [0, 0.05) is 15.9 Å². The second-order valence-corrected chi connectivity index (χ2v) is 22.5. The molecule has 74 heavy (non-hydrogen) atoms. The zero-order chi connectivity index (χ0) is 53.3. The molecular weight excluding hydrogens is 1040 g/mol. The molecule has 0 fully saturated rings. The van der Waals surface area contributed by atoms with E-state index < -0.39 is 124 Å². The summed E-state index contributed by atoms with van der Waals surface area (Å²) in [6.45, 7) is 0. The van der Waals surface area contributed by atoms with Gasteiger partial charge in [-0.2, -0.15) is 0 Å². The van der Waals surface area contributed by atoms with Crippen LogP contribution in [0, 0.1) is 87.3 Å². The summed E-state index contributed by atoms with van der Waals surface area (Å²) < 4.78 is 216. The molecule has 1 N–H and O–H groups in total. The average molecular weight is 1070 g/mol. The van der Waals surface area contributed by atoms with Crippen molar-refractivity contribution in [2.45, 2.75) is 0 Å². The second kappa shape index (κ2) is 21.2. The van der Waals surface area contributed by atoms with Crippen LogP contribution in [0.2, 0.25) is 0 Å². The van der Waals surface area contributed by atoms with Crippen molar-refractivity contribution in [1.29, 1.82) is 0 Å². The van der Waals surface area contributed by atoms with E-state index in [1.54, 1.807) is 0 Å². The average Bonchev–Trinajstić information content (AvgIpc) is 3.47. The summed E-state index contributed by atoms with van der Waals surface area (Å²) in [4.78, 5) is 0. The fraction of sp³-hybridized carbons (Fsp3) is 0. The minimum atomic E-state index is -6.41. The highest BCUT2D eigenvalue weighted by molar-refractivity contribution is 8.01. The monoisotopic (exact) mass is 1070 g/mol. The van der Waals surface area contributed by atoms with Crippen molar-refractivity contribution < 1.29 is 70.9 Å². The molecular formula is C54H31BF15NOP2. The summed E-state index contributed by atoms with van der Waals surface area (Å²) in [6, 6.07) is 65.7. The molecule has 9 aromatic carbocycles. The molecule has 20 heteroatoms. The topological polar surface area (TPSA) is 32.6 Å². The van der Waals surface area contributed by atoms with Crippen LogP contribution in [-0.4, -0.2) is 11.4 Å². The van der Waals surface area contributed by atoms with Crippen molar-refractivity contribution in [3.63, 3.8) is 0 Å². The fourth-order valence-corrected chi connectivity index (χ4v) is 18.2. The van der Waals surface area contributed by atoms with Crippen LogP contribution in [0.5, 0.6) is 0 Å². The minimum Gasteiger partial charge on any atom is -0.594 e. The smallest absolute Gasteiger partial charge is 0.228 e. The van der Waals surface area contributed by atoms with Gasteiger partial charge in [-0.05, 0) is 36.4 Å². The fourth-order valence-electron chi connectivity index (χ4n) is 8.67. The zero-order valence-electron chi connectivity index (χ0n) is 37.4. The van der Waals surface area contributed by atoms with Gasteiger partial charge in [-0.1, -0.05) is 162 Å². The van der Waals surface area contributed by atoms with Gasteiger partial charge in [0.15, 0.2) is 52.4 Å². The van der Waals surface area contributed by atoms with Crippen molar-refractivity contribution in [1.82, 2.24) is 0 Å². The summed E-state index contributed by atoms with van der Waals surface area (Å²) in [5.74, 6) is -47.9. The predicted molar refractivity (Wildman–Crippen MR) is 258 cm³/mol.